The van der Waals surface area contributed by atoms with Gasteiger partial charge in [0.25, 0.3) is 5.91 Å². The zero-order valence-electron chi connectivity index (χ0n) is 14.8. The minimum Gasteiger partial charge on any atom is -0.496 e. The molecule has 1 aliphatic rings. The van der Waals surface area contributed by atoms with Crippen LogP contribution in [0, 0.1) is 10.1 Å². The summed E-state index contributed by atoms with van der Waals surface area (Å²) >= 11 is 0. The molecule has 9 nitrogen and oxygen atoms in total. The predicted octanol–water partition coefficient (Wildman–Crippen LogP) is 2.78. The second-order valence-electron chi connectivity index (χ2n) is 5.70. The summed E-state index contributed by atoms with van der Waals surface area (Å²) in [7, 11) is 1.41. The molecule has 0 radical (unpaired) electrons. The molecule has 2 aromatic rings. The summed E-state index contributed by atoms with van der Waals surface area (Å²) in [4.78, 5) is 23.0. The van der Waals surface area contributed by atoms with Gasteiger partial charge < -0.3 is 24.3 Å². The Morgan fingerprint density at radius 3 is 2.63 bits per heavy atom. The van der Waals surface area contributed by atoms with Gasteiger partial charge in [-0.15, -0.1) is 0 Å². The highest BCUT2D eigenvalue weighted by Gasteiger charge is 2.22. The fraction of sp³-hybridized carbons (Fsp3) is 0.278. The lowest BCUT2D eigenvalue weighted by molar-refractivity contribution is -0.386. The van der Waals surface area contributed by atoms with E-state index in [0.29, 0.717) is 36.1 Å². The number of methoxy groups -OCH3 is 1. The topological polar surface area (TPSA) is 109 Å². The average Bonchev–Trinajstić information content (AvgIpc) is 2.67. The van der Waals surface area contributed by atoms with Crippen LogP contribution in [0.25, 0.3) is 0 Å². The summed E-state index contributed by atoms with van der Waals surface area (Å²) in [5, 5.41) is 13.9. The Balaban J connectivity index is 1.70. The van der Waals surface area contributed by atoms with Crippen LogP contribution < -0.4 is 24.3 Å². The summed E-state index contributed by atoms with van der Waals surface area (Å²) < 4.78 is 21.4. The van der Waals surface area contributed by atoms with Crippen molar-refractivity contribution in [3.8, 4) is 23.0 Å². The number of carbonyl (C=O) groups is 1. The maximum atomic E-state index is 12.4. The SMILES string of the molecule is COc1ccc(O[C@H](C)C(=O)Nc2ccc3c(c2)OCCO3)c([N+](=O)[O-])c1. The van der Waals surface area contributed by atoms with E-state index in [4.69, 9.17) is 18.9 Å². The van der Waals surface area contributed by atoms with Crippen molar-refractivity contribution in [3.63, 3.8) is 0 Å². The van der Waals surface area contributed by atoms with Crippen LogP contribution >= 0.6 is 0 Å². The van der Waals surface area contributed by atoms with E-state index >= 15 is 0 Å². The van der Waals surface area contributed by atoms with Crippen molar-refractivity contribution in [2.24, 2.45) is 0 Å². The third kappa shape index (κ3) is 4.20. The first-order valence-electron chi connectivity index (χ1n) is 8.17. The third-order valence-corrected chi connectivity index (χ3v) is 3.85. The lowest BCUT2D eigenvalue weighted by atomic mass is 10.2. The molecule has 0 saturated carbocycles. The van der Waals surface area contributed by atoms with Gasteiger partial charge in [-0.25, -0.2) is 0 Å². The number of nitrogens with zero attached hydrogens (tertiary/aromatic N) is 1. The molecule has 1 N–H and O–H groups in total. The van der Waals surface area contributed by atoms with E-state index in [1.807, 2.05) is 0 Å². The molecule has 1 aliphatic heterocycles. The number of ether oxygens (including phenoxy) is 4. The normalized spacial score (nSPS) is 13.4. The lowest BCUT2D eigenvalue weighted by Crippen LogP contribution is -2.30. The van der Waals surface area contributed by atoms with E-state index in [1.54, 1.807) is 18.2 Å². The second-order valence-corrected chi connectivity index (χ2v) is 5.70. The maximum Gasteiger partial charge on any atom is 0.314 e. The number of benzene rings is 2. The summed E-state index contributed by atoms with van der Waals surface area (Å²) in [6.07, 6.45) is -0.967. The van der Waals surface area contributed by atoms with Crippen LogP contribution in [0.4, 0.5) is 11.4 Å². The molecule has 0 saturated heterocycles. The molecule has 1 atom stereocenters. The second kappa shape index (κ2) is 7.81. The number of carbonyl (C=O) groups excluding carboxylic acids is 1. The first-order valence-corrected chi connectivity index (χ1v) is 8.17. The fourth-order valence-corrected chi connectivity index (χ4v) is 2.48. The van der Waals surface area contributed by atoms with Crippen molar-refractivity contribution in [1.29, 1.82) is 0 Å². The molecule has 0 aromatic heterocycles. The molecule has 27 heavy (non-hydrogen) atoms. The van der Waals surface area contributed by atoms with E-state index in [0.717, 1.165) is 0 Å². The van der Waals surface area contributed by atoms with Crippen LogP contribution in [0.2, 0.25) is 0 Å². The van der Waals surface area contributed by atoms with Gasteiger partial charge in [-0.1, -0.05) is 0 Å². The Kier molecular flexibility index (Phi) is 5.30. The molecule has 3 rings (SSSR count). The number of amides is 1. The van der Waals surface area contributed by atoms with Gasteiger partial charge in [0.2, 0.25) is 0 Å². The Bertz CT molecular complexity index is 869. The van der Waals surface area contributed by atoms with E-state index in [2.05, 4.69) is 5.32 Å². The van der Waals surface area contributed by atoms with E-state index in [1.165, 1.54) is 32.2 Å². The summed E-state index contributed by atoms with van der Waals surface area (Å²) in [5.41, 5.74) is 0.220. The van der Waals surface area contributed by atoms with Gasteiger partial charge in [-0.05, 0) is 31.2 Å². The molecule has 2 aromatic carbocycles. The molecule has 0 aliphatic carbocycles. The molecule has 0 spiro atoms. The minimum atomic E-state index is -0.967. The number of anilines is 1. The van der Waals surface area contributed by atoms with Crippen molar-refractivity contribution in [1.82, 2.24) is 0 Å². The van der Waals surface area contributed by atoms with Crippen LogP contribution in [-0.4, -0.2) is 37.3 Å². The van der Waals surface area contributed by atoms with E-state index < -0.39 is 16.9 Å². The van der Waals surface area contributed by atoms with E-state index in [-0.39, 0.29) is 11.4 Å². The van der Waals surface area contributed by atoms with Gasteiger partial charge in [-0.2, -0.15) is 0 Å². The van der Waals surface area contributed by atoms with Gasteiger partial charge in [0.05, 0.1) is 18.1 Å². The quantitative estimate of drug-likeness (QED) is 0.611. The highest BCUT2D eigenvalue weighted by molar-refractivity contribution is 5.94. The van der Waals surface area contributed by atoms with Crippen LogP contribution in [-0.2, 0) is 4.79 Å². The first-order chi connectivity index (χ1) is 13.0. The summed E-state index contributed by atoms with van der Waals surface area (Å²) in [6, 6.07) is 9.17. The minimum absolute atomic E-state index is 0.0226. The fourth-order valence-electron chi connectivity index (χ4n) is 2.48. The predicted molar refractivity (Wildman–Crippen MR) is 95.8 cm³/mol. The van der Waals surface area contributed by atoms with Gasteiger partial charge in [0, 0.05) is 11.8 Å². The highest BCUT2D eigenvalue weighted by atomic mass is 16.6. The zero-order valence-corrected chi connectivity index (χ0v) is 14.8. The number of hydrogen-bond donors (Lipinski definition) is 1. The van der Waals surface area contributed by atoms with E-state index in [9.17, 15) is 14.9 Å². The number of hydrogen-bond acceptors (Lipinski definition) is 7. The average molecular weight is 374 g/mol. The molecule has 1 heterocycles. The molecule has 142 valence electrons. The van der Waals surface area contributed by atoms with Crippen molar-refractivity contribution in [3.05, 3.63) is 46.5 Å². The number of nitrogens with one attached hydrogen (secondary N) is 1. The van der Waals surface area contributed by atoms with Crippen molar-refractivity contribution < 1.29 is 28.7 Å². The molecule has 1 amide bonds. The third-order valence-electron chi connectivity index (χ3n) is 3.85. The Hall–Kier alpha value is -3.49. The molecule has 0 unspecified atom stereocenters. The van der Waals surface area contributed by atoms with Crippen molar-refractivity contribution >= 4 is 17.3 Å². The van der Waals surface area contributed by atoms with Crippen LogP contribution in [0.15, 0.2) is 36.4 Å². The van der Waals surface area contributed by atoms with Crippen LogP contribution in [0.5, 0.6) is 23.0 Å². The number of fused-ring (bicyclic) bond motifs is 1. The zero-order chi connectivity index (χ0) is 19.4. The highest BCUT2D eigenvalue weighted by Crippen LogP contribution is 2.33. The van der Waals surface area contributed by atoms with Crippen LogP contribution in [0.1, 0.15) is 6.92 Å². The standard InChI is InChI=1S/C18H18N2O7/c1-11(27-15-6-4-13(24-2)10-14(15)20(22)23)18(21)19-12-3-5-16-17(9-12)26-8-7-25-16/h3-6,9-11H,7-8H2,1-2H3,(H,19,21)/t11-/m1/s1. The summed E-state index contributed by atoms with van der Waals surface area (Å²) in [6.45, 7) is 2.41. The van der Waals surface area contributed by atoms with Gasteiger partial charge in [0.15, 0.2) is 23.4 Å². The van der Waals surface area contributed by atoms with Crippen molar-refractivity contribution in [2.45, 2.75) is 13.0 Å². The van der Waals surface area contributed by atoms with Crippen LogP contribution in [0.3, 0.4) is 0 Å². The number of rotatable bonds is 6. The summed E-state index contributed by atoms with van der Waals surface area (Å²) in [5.74, 6) is 0.987. The molecular formula is C18H18N2O7. The van der Waals surface area contributed by atoms with Gasteiger partial charge in [0.1, 0.15) is 19.0 Å². The molecule has 9 heteroatoms. The molecular weight excluding hydrogens is 356 g/mol. The smallest absolute Gasteiger partial charge is 0.314 e. The Labute approximate surface area is 154 Å². The monoisotopic (exact) mass is 374 g/mol. The number of nitro benzene ring substituents is 1. The largest absolute Gasteiger partial charge is 0.496 e. The Morgan fingerprint density at radius 1 is 1.19 bits per heavy atom. The van der Waals surface area contributed by atoms with Crippen molar-refractivity contribution in [2.75, 3.05) is 25.6 Å². The molecule has 0 bridgehead atoms. The lowest BCUT2D eigenvalue weighted by Gasteiger charge is -2.19. The molecule has 0 fully saturated rings. The maximum absolute atomic E-state index is 12.4. The number of nitro groups is 1. The van der Waals surface area contributed by atoms with Gasteiger partial charge >= 0.3 is 5.69 Å². The Morgan fingerprint density at radius 2 is 1.93 bits per heavy atom. The van der Waals surface area contributed by atoms with Gasteiger partial charge in [-0.3, -0.25) is 14.9 Å². The first kappa shape index (κ1) is 18.3.